The predicted molar refractivity (Wildman–Crippen MR) is 68.0 cm³/mol. The molecule has 0 aromatic heterocycles. The maximum Gasteiger partial charge on any atom is 0.172 e. The first-order valence-electron chi connectivity index (χ1n) is 4.63. The van der Waals surface area contributed by atoms with Gasteiger partial charge in [0, 0.05) is 5.56 Å². The zero-order chi connectivity index (χ0) is 11.3. The third kappa shape index (κ3) is 3.54. The van der Waals surface area contributed by atoms with Gasteiger partial charge < -0.3 is 4.74 Å². The quantitative estimate of drug-likeness (QED) is 0.777. The number of hydrogen-bond donors (Lipinski definition) is 0. The molecule has 0 bridgehead atoms. The molecule has 0 saturated heterocycles. The van der Waals surface area contributed by atoms with Crippen LogP contribution in [0.25, 0.3) is 0 Å². The number of methoxy groups -OCH3 is 1. The summed E-state index contributed by atoms with van der Waals surface area (Å²) in [5.41, 5.74) is 0.726. The van der Waals surface area contributed by atoms with Crippen molar-refractivity contribution in [2.45, 2.75) is 6.92 Å². The van der Waals surface area contributed by atoms with Crippen LogP contribution in [0.15, 0.2) is 22.7 Å². The van der Waals surface area contributed by atoms with E-state index in [9.17, 15) is 4.79 Å². The van der Waals surface area contributed by atoms with Crippen LogP contribution in [0.5, 0.6) is 5.75 Å². The fraction of sp³-hybridized carbons (Fsp3) is 0.364. The SMILES string of the molecule is CCSCC(=O)c1ccc(OC)c(Br)c1. The van der Waals surface area contributed by atoms with Crippen LogP contribution in [-0.2, 0) is 0 Å². The Morgan fingerprint density at radius 3 is 2.80 bits per heavy atom. The Balaban J connectivity index is 2.78. The number of thioether (sulfide) groups is 1. The van der Waals surface area contributed by atoms with Crippen molar-refractivity contribution in [3.05, 3.63) is 28.2 Å². The second kappa shape index (κ2) is 6.18. The third-order valence-corrected chi connectivity index (χ3v) is 3.41. The number of carbonyl (C=O) groups excluding carboxylic acids is 1. The Morgan fingerprint density at radius 1 is 1.53 bits per heavy atom. The lowest BCUT2D eigenvalue weighted by Gasteiger charge is -2.05. The Labute approximate surface area is 103 Å². The molecule has 0 heterocycles. The average molecular weight is 289 g/mol. The van der Waals surface area contributed by atoms with Crippen molar-refractivity contribution in [3.63, 3.8) is 0 Å². The zero-order valence-electron chi connectivity index (χ0n) is 8.75. The van der Waals surface area contributed by atoms with Crippen LogP contribution >= 0.6 is 27.7 Å². The molecule has 0 N–H and O–H groups in total. The Bertz CT molecular complexity index is 352. The largest absolute Gasteiger partial charge is 0.496 e. The molecule has 0 fully saturated rings. The van der Waals surface area contributed by atoms with E-state index in [0.29, 0.717) is 5.75 Å². The number of benzene rings is 1. The molecule has 1 rings (SSSR count). The van der Waals surface area contributed by atoms with Crippen molar-refractivity contribution >= 4 is 33.5 Å². The van der Waals surface area contributed by atoms with Gasteiger partial charge in [0.15, 0.2) is 5.78 Å². The minimum Gasteiger partial charge on any atom is -0.496 e. The number of ether oxygens (including phenoxy) is 1. The number of halogens is 1. The highest BCUT2D eigenvalue weighted by Gasteiger charge is 2.08. The fourth-order valence-electron chi connectivity index (χ4n) is 1.12. The Kier molecular flexibility index (Phi) is 5.19. The van der Waals surface area contributed by atoms with E-state index >= 15 is 0 Å². The van der Waals surface area contributed by atoms with E-state index in [4.69, 9.17) is 4.74 Å². The smallest absolute Gasteiger partial charge is 0.172 e. The molecule has 0 amide bonds. The summed E-state index contributed by atoms with van der Waals surface area (Å²) in [5.74, 6) is 2.40. The van der Waals surface area contributed by atoms with E-state index in [1.165, 1.54) is 0 Å². The van der Waals surface area contributed by atoms with Gasteiger partial charge in [0.2, 0.25) is 0 Å². The molecule has 0 radical (unpaired) electrons. The van der Waals surface area contributed by atoms with Crippen molar-refractivity contribution in [2.24, 2.45) is 0 Å². The van der Waals surface area contributed by atoms with Gasteiger partial charge in [0.1, 0.15) is 5.75 Å². The topological polar surface area (TPSA) is 26.3 Å². The van der Waals surface area contributed by atoms with Gasteiger partial charge in [-0.2, -0.15) is 11.8 Å². The van der Waals surface area contributed by atoms with E-state index < -0.39 is 0 Å². The zero-order valence-corrected chi connectivity index (χ0v) is 11.2. The number of carbonyl (C=O) groups is 1. The summed E-state index contributed by atoms with van der Waals surface area (Å²) in [5, 5.41) is 0. The van der Waals surface area contributed by atoms with Crippen molar-refractivity contribution in [1.29, 1.82) is 0 Å². The van der Waals surface area contributed by atoms with Gasteiger partial charge in [0.05, 0.1) is 17.3 Å². The summed E-state index contributed by atoms with van der Waals surface area (Å²) in [6.07, 6.45) is 0. The second-order valence-corrected chi connectivity index (χ2v) is 5.04. The van der Waals surface area contributed by atoms with E-state index in [0.717, 1.165) is 21.5 Å². The van der Waals surface area contributed by atoms with E-state index in [1.54, 1.807) is 37.1 Å². The van der Waals surface area contributed by atoms with Crippen LogP contribution in [0, 0.1) is 0 Å². The molecule has 82 valence electrons. The Morgan fingerprint density at radius 2 is 2.27 bits per heavy atom. The van der Waals surface area contributed by atoms with E-state index in [-0.39, 0.29) is 5.78 Å². The van der Waals surface area contributed by atoms with Gasteiger partial charge in [-0.05, 0) is 39.9 Å². The lowest BCUT2D eigenvalue weighted by molar-refractivity contribution is 0.102. The van der Waals surface area contributed by atoms with Gasteiger partial charge in [0.25, 0.3) is 0 Å². The number of Topliss-reactive ketones (excluding diaryl/α,β-unsaturated/α-hetero) is 1. The van der Waals surface area contributed by atoms with Crippen molar-refractivity contribution in [3.8, 4) is 5.75 Å². The van der Waals surface area contributed by atoms with Crippen LogP contribution in [0.4, 0.5) is 0 Å². The maximum absolute atomic E-state index is 11.7. The lowest BCUT2D eigenvalue weighted by Crippen LogP contribution is -2.02. The molecule has 0 aliphatic heterocycles. The molecule has 0 spiro atoms. The summed E-state index contributed by atoms with van der Waals surface area (Å²) in [4.78, 5) is 11.7. The number of rotatable bonds is 5. The average Bonchev–Trinajstić information content (AvgIpc) is 2.25. The van der Waals surface area contributed by atoms with Crippen LogP contribution in [-0.4, -0.2) is 24.4 Å². The highest BCUT2D eigenvalue weighted by molar-refractivity contribution is 9.10. The van der Waals surface area contributed by atoms with Crippen LogP contribution in [0.1, 0.15) is 17.3 Å². The molecular weight excluding hydrogens is 276 g/mol. The molecule has 1 aromatic carbocycles. The summed E-state index contributed by atoms with van der Waals surface area (Å²) in [6, 6.07) is 5.40. The van der Waals surface area contributed by atoms with Gasteiger partial charge in [-0.3, -0.25) is 4.79 Å². The predicted octanol–water partition coefficient (Wildman–Crippen LogP) is 3.39. The highest BCUT2D eigenvalue weighted by atomic mass is 79.9. The van der Waals surface area contributed by atoms with Gasteiger partial charge in [-0.15, -0.1) is 0 Å². The van der Waals surface area contributed by atoms with E-state index in [1.807, 2.05) is 6.92 Å². The standard InChI is InChI=1S/C11H13BrO2S/c1-3-15-7-10(13)8-4-5-11(14-2)9(12)6-8/h4-6H,3,7H2,1-2H3. The molecule has 1 aromatic rings. The summed E-state index contributed by atoms with van der Waals surface area (Å²) < 4.78 is 5.91. The van der Waals surface area contributed by atoms with Crippen LogP contribution in [0.3, 0.4) is 0 Å². The molecule has 0 aliphatic rings. The normalized spacial score (nSPS) is 10.1. The van der Waals surface area contributed by atoms with Crippen LogP contribution in [0.2, 0.25) is 0 Å². The summed E-state index contributed by atoms with van der Waals surface area (Å²) in [6.45, 7) is 2.04. The van der Waals surface area contributed by atoms with Crippen LogP contribution < -0.4 is 4.74 Å². The minimum atomic E-state index is 0.158. The van der Waals surface area contributed by atoms with Crippen molar-refractivity contribution in [1.82, 2.24) is 0 Å². The molecular formula is C11H13BrO2S. The molecule has 0 saturated carbocycles. The van der Waals surface area contributed by atoms with Crippen molar-refractivity contribution < 1.29 is 9.53 Å². The fourth-order valence-corrected chi connectivity index (χ4v) is 2.21. The summed E-state index contributed by atoms with van der Waals surface area (Å²) in [7, 11) is 1.61. The molecule has 2 nitrogen and oxygen atoms in total. The van der Waals surface area contributed by atoms with E-state index in [2.05, 4.69) is 15.9 Å². The van der Waals surface area contributed by atoms with Gasteiger partial charge in [-0.1, -0.05) is 6.92 Å². The van der Waals surface area contributed by atoms with Crippen molar-refractivity contribution in [2.75, 3.05) is 18.6 Å². The molecule has 4 heteroatoms. The number of hydrogen-bond acceptors (Lipinski definition) is 3. The molecule has 15 heavy (non-hydrogen) atoms. The maximum atomic E-state index is 11.7. The lowest BCUT2D eigenvalue weighted by atomic mass is 10.1. The first kappa shape index (κ1) is 12.6. The molecule has 0 aliphatic carbocycles. The molecule has 0 atom stereocenters. The monoisotopic (exact) mass is 288 g/mol. The first-order chi connectivity index (χ1) is 7.19. The first-order valence-corrected chi connectivity index (χ1v) is 6.58. The Hall–Kier alpha value is -0.480. The number of ketones is 1. The second-order valence-electron chi connectivity index (χ2n) is 2.91. The highest BCUT2D eigenvalue weighted by Crippen LogP contribution is 2.26. The molecule has 0 unspecified atom stereocenters. The minimum absolute atomic E-state index is 0.158. The third-order valence-electron chi connectivity index (χ3n) is 1.91. The van der Waals surface area contributed by atoms with Gasteiger partial charge >= 0.3 is 0 Å². The summed E-state index contributed by atoms with van der Waals surface area (Å²) >= 11 is 4.99. The van der Waals surface area contributed by atoms with Gasteiger partial charge in [-0.25, -0.2) is 0 Å².